The van der Waals surface area contributed by atoms with Gasteiger partial charge in [0.15, 0.2) is 0 Å². The van der Waals surface area contributed by atoms with Gasteiger partial charge in [-0.15, -0.1) is 0 Å². The van der Waals surface area contributed by atoms with Crippen LogP contribution in [0.1, 0.15) is 22.5 Å². The van der Waals surface area contributed by atoms with Gasteiger partial charge in [0, 0.05) is 43.5 Å². The SMILES string of the molecule is COc1ccc(OC)c(CN(CCO)Cc2c(C)nn(C)c2C)c1. The summed E-state index contributed by atoms with van der Waals surface area (Å²) in [6, 6.07) is 5.77. The molecule has 6 heteroatoms. The van der Waals surface area contributed by atoms with Crippen molar-refractivity contribution in [1.82, 2.24) is 14.7 Å². The van der Waals surface area contributed by atoms with Crippen LogP contribution in [0.5, 0.6) is 11.5 Å². The first-order chi connectivity index (χ1) is 11.5. The highest BCUT2D eigenvalue weighted by molar-refractivity contribution is 5.40. The molecule has 1 aromatic heterocycles. The molecular formula is C18H27N3O3. The Hall–Kier alpha value is -2.05. The number of aliphatic hydroxyl groups is 1. The Kier molecular flexibility index (Phi) is 6.23. The lowest BCUT2D eigenvalue weighted by atomic mass is 10.1. The summed E-state index contributed by atoms with van der Waals surface area (Å²) in [7, 11) is 5.27. The van der Waals surface area contributed by atoms with E-state index in [4.69, 9.17) is 9.47 Å². The smallest absolute Gasteiger partial charge is 0.123 e. The molecular weight excluding hydrogens is 306 g/mol. The number of benzene rings is 1. The summed E-state index contributed by atoms with van der Waals surface area (Å²) in [6.45, 7) is 6.16. The fourth-order valence-electron chi connectivity index (χ4n) is 2.87. The van der Waals surface area contributed by atoms with Gasteiger partial charge >= 0.3 is 0 Å². The average Bonchev–Trinajstić information content (AvgIpc) is 2.81. The second-order valence-electron chi connectivity index (χ2n) is 5.89. The number of aryl methyl sites for hydroxylation is 2. The molecule has 0 atom stereocenters. The van der Waals surface area contributed by atoms with E-state index in [1.807, 2.05) is 36.9 Å². The van der Waals surface area contributed by atoms with Gasteiger partial charge in [0.2, 0.25) is 0 Å². The fourth-order valence-corrected chi connectivity index (χ4v) is 2.87. The van der Waals surface area contributed by atoms with Crippen molar-refractivity contribution in [1.29, 1.82) is 0 Å². The Bertz CT molecular complexity index is 682. The molecule has 1 N–H and O–H groups in total. The van der Waals surface area contributed by atoms with Crippen molar-refractivity contribution in [3.63, 3.8) is 0 Å². The molecule has 1 aromatic carbocycles. The molecule has 2 aromatic rings. The van der Waals surface area contributed by atoms with Gasteiger partial charge < -0.3 is 14.6 Å². The van der Waals surface area contributed by atoms with Crippen LogP contribution >= 0.6 is 0 Å². The van der Waals surface area contributed by atoms with E-state index in [0.717, 1.165) is 35.0 Å². The molecule has 2 rings (SSSR count). The monoisotopic (exact) mass is 333 g/mol. The van der Waals surface area contributed by atoms with Crippen LogP contribution in [0, 0.1) is 13.8 Å². The molecule has 0 aliphatic heterocycles. The third-order valence-electron chi connectivity index (χ3n) is 4.34. The lowest BCUT2D eigenvalue weighted by Gasteiger charge is -2.23. The lowest BCUT2D eigenvalue weighted by molar-refractivity contribution is 0.182. The molecule has 0 fully saturated rings. The summed E-state index contributed by atoms with van der Waals surface area (Å²) in [5.41, 5.74) is 4.40. The number of nitrogens with zero attached hydrogens (tertiary/aromatic N) is 3. The summed E-state index contributed by atoms with van der Waals surface area (Å²) < 4.78 is 12.7. The third kappa shape index (κ3) is 4.07. The van der Waals surface area contributed by atoms with Crippen molar-refractivity contribution in [3.05, 3.63) is 40.7 Å². The normalized spacial score (nSPS) is 11.1. The Morgan fingerprint density at radius 1 is 1.17 bits per heavy atom. The molecule has 24 heavy (non-hydrogen) atoms. The van der Waals surface area contributed by atoms with E-state index in [2.05, 4.69) is 16.9 Å². The Balaban J connectivity index is 2.25. The molecule has 6 nitrogen and oxygen atoms in total. The maximum Gasteiger partial charge on any atom is 0.123 e. The molecule has 0 radical (unpaired) electrons. The Morgan fingerprint density at radius 3 is 2.46 bits per heavy atom. The minimum Gasteiger partial charge on any atom is -0.497 e. The molecule has 0 saturated heterocycles. The van der Waals surface area contributed by atoms with Gasteiger partial charge in [-0.05, 0) is 32.0 Å². The first-order valence-corrected chi connectivity index (χ1v) is 8.03. The van der Waals surface area contributed by atoms with E-state index in [1.54, 1.807) is 14.2 Å². The third-order valence-corrected chi connectivity index (χ3v) is 4.34. The van der Waals surface area contributed by atoms with Crippen molar-refractivity contribution in [2.45, 2.75) is 26.9 Å². The Morgan fingerprint density at radius 2 is 1.92 bits per heavy atom. The maximum absolute atomic E-state index is 9.45. The van der Waals surface area contributed by atoms with Gasteiger partial charge in [0.05, 0.1) is 26.5 Å². The predicted molar refractivity (Wildman–Crippen MR) is 93.4 cm³/mol. The van der Waals surface area contributed by atoms with Crippen molar-refractivity contribution in [2.75, 3.05) is 27.4 Å². The molecule has 0 saturated carbocycles. The van der Waals surface area contributed by atoms with Gasteiger partial charge in [0.1, 0.15) is 11.5 Å². The molecule has 0 aliphatic rings. The van der Waals surface area contributed by atoms with Crippen LogP contribution in [0.25, 0.3) is 0 Å². The van der Waals surface area contributed by atoms with Crippen LogP contribution < -0.4 is 9.47 Å². The van der Waals surface area contributed by atoms with Crippen LogP contribution in [-0.2, 0) is 20.1 Å². The van der Waals surface area contributed by atoms with Crippen molar-refractivity contribution in [3.8, 4) is 11.5 Å². The van der Waals surface area contributed by atoms with Crippen molar-refractivity contribution < 1.29 is 14.6 Å². The molecule has 132 valence electrons. The minimum absolute atomic E-state index is 0.102. The number of methoxy groups -OCH3 is 2. The average molecular weight is 333 g/mol. The second-order valence-corrected chi connectivity index (χ2v) is 5.89. The predicted octanol–water partition coefficient (Wildman–Crippen LogP) is 2.05. The zero-order chi connectivity index (χ0) is 17.7. The quantitative estimate of drug-likeness (QED) is 0.801. The summed E-state index contributed by atoms with van der Waals surface area (Å²) >= 11 is 0. The zero-order valence-electron chi connectivity index (χ0n) is 15.2. The number of hydrogen-bond donors (Lipinski definition) is 1. The van der Waals surface area contributed by atoms with E-state index < -0.39 is 0 Å². The van der Waals surface area contributed by atoms with Crippen LogP contribution in [0.4, 0.5) is 0 Å². The number of aromatic nitrogens is 2. The summed E-state index contributed by atoms with van der Waals surface area (Å²) in [5, 5.41) is 13.9. The van der Waals surface area contributed by atoms with E-state index in [1.165, 1.54) is 5.56 Å². The van der Waals surface area contributed by atoms with Gasteiger partial charge in [-0.3, -0.25) is 9.58 Å². The van der Waals surface area contributed by atoms with E-state index >= 15 is 0 Å². The van der Waals surface area contributed by atoms with Crippen LogP contribution in [0.15, 0.2) is 18.2 Å². The molecule has 0 bridgehead atoms. The lowest BCUT2D eigenvalue weighted by Crippen LogP contribution is -2.27. The zero-order valence-corrected chi connectivity index (χ0v) is 15.2. The standard InChI is InChI=1S/C18H27N3O3/c1-13-17(14(2)20(3)19-13)12-21(8-9-22)11-15-10-16(23-4)6-7-18(15)24-5/h6-7,10,22H,8-9,11-12H2,1-5H3. The second kappa shape index (κ2) is 8.17. The van der Waals surface area contributed by atoms with Crippen LogP contribution in [0.2, 0.25) is 0 Å². The van der Waals surface area contributed by atoms with Gasteiger partial charge in [-0.1, -0.05) is 0 Å². The number of hydrogen-bond acceptors (Lipinski definition) is 5. The highest BCUT2D eigenvalue weighted by atomic mass is 16.5. The molecule has 0 spiro atoms. The Labute approximate surface area is 143 Å². The highest BCUT2D eigenvalue weighted by Crippen LogP contribution is 2.26. The first-order valence-electron chi connectivity index (χ1n) is 8.03. The van der Waals surface area contributed by atoms with Crippen molar-refractivity contribution >= 4 is 0 Å². The van der Waals surface area contributed by atoms with Gasteiger partial charge in [-0.25, -0.2) is 0 Å². The summed E-state index contributed by atoms with van der Waals surface area (Å²) in [6.07, 6.45) is 0. The molecule has 0 amide bonds. The molecule has 0 aliphatic carbocycles. The molecule has 1 heterocycles. The van der Waals surface area contributed by atoms with Crippen molar-refractivity contribution in [2.24, 2.45) is 7.05 Å². The number of ether oxygens (including phenoxy) is 2. The largest absolute Gasteiger partial charge is 0.497 e. The van der Waals surface area contributed by atoms with Crippen LogP contribution in [-0.4, -0.2) is 47.2 Å². The highest BCUT2D eigenvalue weighted by Gasteiger charge is 2.16. The first kappa shape index (κ1) is 18.3. The summed E-state index contributed by atoms with van der Waals surface area (Å²) in [5.74, 6) is 1.61. The van der Waals surface area contributed by atoms with Gasteiger partial charge in [-0.2, -0.15) is 5.10 Å². The number of rotatable bonds is 8. The fraction of sp³-hybridized carbons (Fsp3) is 0.500. The summed E-state index contributed by atoms with van der Waals surface area (Å²) in [4.78, 5) is 2.19. The van der Waals surface area contributed by atoms with E-state index in [9.17, 15) is 5.11 Å². The maximum atomic E-state index is 9.45. The number of aliphatic hydroxyl groups excluding tert-OH is 1. The van der Waals surface area contributed by atoms with E-state index in [-0.39, 0.29) is 6.61 Å². The topological polar surface area (TPSA) is 59.8 Å². The van der Waals surface area contributed by atoms with E-state index in [0.29, 0.717) is 13.1 Å². The van der Waals surface area contributed by atoms with Gasteiger partial charge in [0.25, 0.3) is 0 Å². The minimum atomic E-state index is 0.102. The van der Waals surface area contributed by atoms with Crippen LogP contribution in [0.3, 0.4) is 0 Å². The molecule has 0 unspecified atom stereocenters.